The molecule has 14 heteroatoms. The lowest BCUT2D eigenvalue weighted by Gasteiger charge is -2.31. The van der Waals surface area contributed by atoms with Crippen LogP contribution >= 0.6 is 15.8 Å². The third kappa shape index (κ3) is 18.5. The molecule has 0 unspecified atom stereocenters. The summed E-state index contributed by atoms with van der Waals surface area (Å²) in [5.74, 6) is 6.77. The molecule has 442 valence electrons. The number of benzene rings is 5. The molecule has 0 aliphatic heterocycles. The van der Waals surface area contributed by atoms with E-state index >= 15 is 0 Å². The molecule has 0 atom stereocenters. The van der Waals surface area contributed by atoms with Crippen LogP contribution in [-0.2, 0) is 0 Å². The van der Waals surface area contributed by atoms with Crippen molar-refractivity contribution in [2.75, 3.05) is 0 Å². The van der Waals surface area contributed by atoms with Gasteiger partial charge >= 0.3 is 0 Å². The first-order chi connectivity index (χ1) is 37.5. The summed E-state index contributed by atoms with van der Waals surface area (Å²) in [5, 5.41) is 5.84. The fourth-order valence-corrected chi connectivity index (χ4v) is 14.0. The topological polar surface area (TPSA) is 111 Å². The van der Waals surface area contributed by atoms with Crippen LogP contribution in [0, 0.1) is 0 Å². The van der Waals surface area contributed by atoms with Crippen LogP contribution in [0.2, 0.25) is 0 Å². The van der Waals surface area contributed by atoms with Crippen LogP contribution in [0.25, 0.3) is 0 Å². The lowest BCUT2D eigenvalue weighted by molar-refractivity contribution is 0.176. The lowest BCUT2D eigenvalue weighted by atomic mass is 10.2. The molecule has 0 saturated carbocycles. The zero-order chi connectivity index (χ0) is 59.4. The van der Waals surface area contributed by atoms with Crippen LogP contribution in [0.1, 0.15) is 166 Å². The third-order valence-electron chi connectivity index (χ3n) is 10.7. The number of hydrogen-bond acceptors (Lipinski definition) is 12. The Balaban J connectivity index is 2.15. The van der Waals surface area contributed by atoms with Crippen molar-refractivity contribution in [1.29, 1.82) is 0 Å². The summed E-state index contributed by atoms with van der Waals surface area (Å²) in [4.78, 5) is 0. The molecule has 0 amide bonds. The Morgan fingerprint density at radius 2 is 0.350 bits per heavy atom. The molecule has 80 heavy (non-hydrogen) atoms. The van der Waals surface area contributed by atoms with E-state index in [2.05, 4.69) is 72.8 Å². The van der Waals surface area contributed by atoms with E-state index in [1.807, 2.05) is 166 Å². The Labute approximate surface area is 483 Å². The Morgan fingerprint density at radius 1 is 0.212 bits per heavy atom. The summed E-state index contributed by atoms with van der Waals surface area (Å²) >= 11 is 0. The molecular weight excluding hydrogens is 1050 g/mol. The maximum Gasteiger partial charge on any atom is 0.203 e. The highest BCUT2D eigenvalue weighted by Crippen LogP contribution is 2.51. The molecule has 5 rings (SSSR count). The van der Waals surface area contributed by atoms with Crippen molar-refractivity contribution in [3.63, 3.8) is 0 Å². The Hall–Kier alpha value is -5.44. The van der Waals surface area contributed by atoms with E-state index < -0.39 is 15.8 Å². The summed E-state index contributed by atoms with van der Waals surface area (Å²) in [6.07, 6.45) is -2.23. The SMILES string of the molecule is CC(C)Oc1cc(P(c2cc(OC(C)C)c(OC(C)C)c(OC(C)C)c2)c2ccccc2P(c2cc(OC(C)C)c(OC(C)C)c(OC(C)C)c2)c2cc(OC(C)C)c(OC(C)C)c(OC(C)C)c2)cc(OC(C)C)c1OC(C)C. The van der Waals surface area contributed by atoms with E-state index in [0.717, 1.165) is 31.8 Å². The molecule has 12 nitrogen and oxygen atoms in total. The quantitative estimate of drug-likeness (QED) is 0.0408. The van der Waals surface area contributed by atoms with Crippen molar-refractivity contribution in [1.82, 2.24) is 0 Å². The van der Waals surface area contributed by atoms with Crippen molar-refractivity contribution in [2.45, 2.75) is 239 Å². The molecule has 0 bridgehead atoms. The monoisotopic (exact) mass is 1140 g/mol. The summed E-state index contributed by atoms with van der Waals surface area (Å²) in [7, 11) is -3.24. The molecule has 0 aromatic heterocycles. The van der Waals surface area contributed by atoms with Crippen LogP contribution < -0.4 is 88.7 Å². The first-order valence-electron chi connectivity index (χ1n) is 28.9. The lowest BCUT2D eigenvalue weighted by Crippen LogP contribution is -2.35. The van der Waals surface area contributed by atoms with E-state index in [-0.39, 0.29) is 73.2 Å². The van der Waals surface area contributed by atoms with Gasteiger partial charge in [-0.25, -0.2) is 0 Å². The predicted molar refractivity (Wildman–Crippen MR) is 333 cm³/mol. The van der Waals surface area contributed by atoms with Gasteiger partial charge in [-0.1, -0.05) is 24.3 Å². The third-order valence-corrected chi connectivity index (χ3v) is 15.8. The molecular formula is C66H96O12P2. The van der Waals surface area contributed by atoms with Crippen LogP contribution in [0.5, 0.6) is 69.0 Å². The average Bonchev–Trinajstić information content (AvgIpc) is 3.36. The summed E-state index contributed by atoms with van der Waals surface area (Å²) in [5.41, 5.74) is 0. The van der Waals surface area contributed by atoms with Gasteiger partial charge in [0.1, 0.15) is 0 Å². The van der Waals surface area contributed by atoms with Crippen molar-refractivity contribution in [3.8, 4) is 69.0 Å². The van der Waals surface area contributed by atoms with Crippen molar-refractivity contribution < 1.29 is 56.8 Å². The summed E-state index contributed by atoms with van der Waals surface area (Å²) < 4.78 is 80.8. The second-order valence-electron chi connectivity index (χ2n) is 23.2. The fourth-order valence-electron chi connectivity index (χ4n) is 8.60. The fraction of sp³-hybridized carbons (Fsp3) is 0.545. The average molecular weight is 1140 g/mol. The standard InChI is InChI=1S/C66H96O12P2/c1-37(2)67-53-29-49(30-54(68-38(3)4)63(53)75-45(17)18)79(50-31-55(69-39(5)6)64(76-46(19)20)56(32-50)70-40(7)8)61-27-25-26-28-62(61)80(51-33-57(71-41(9)10)65(77-47(21)22)58(34-51)72-42(11)12)52-35-59(73-43(13)14)66(78-48(23)24)60(36-52)74-44(15)16/h25-48H,1-24H3. The van der Waals surface area contributed by atoms with Gasteiger partial charge < -0.3 is 56.8 Å². The summed E-state index contributed by atoms with van der Waals surface area (Å²) in [6.45, 7) is 48.5. The maximum absolute atomic E-state index is 6.78. The van der Waals surface area contributed by atoms with Gasteiger partial charge in [-0.15, -0.1) is 0 Å². The van der Waals surface area contributed by atoms with Crippen molar-refractivity contribution >= 4 is 47.7 Å². The molecule has 0 N–H and O–H groups in total. The number of rotatable bonds is 30. The minimum atomic E-state index is -1.62. The Morgan fingerprint density at radius 3 is 0.475 bits per heavy atom. The van der Waals surface area contributed by atoms with E-state index in [4.69, 9.17) is 56.8 Å². The van der Waals surface area contributed by atoms with E-state index in [9.17, 15) is 0 Å². The molecule has 0 heterocycles. The molecule has 0 aliphatic carbocycles. The zero-order valence-electron chi connectivity index (χ0n) is 52.6. The molecule has 0 radical (unpaired) electrons. The minimum Gasteiger partial charge on any atom is -0.487 e. The van der Waals surface area contributed by atoms with Crippen molar-refractivity contribution in [3.05, 3.63) is 72.8 Å². The first-order valence-corrected chi connectivity index (χ1v) is 31.6. The van der Waals surface area contributed by atoms with Gasteiger partial charge in [-0.2, -0.15) is 0 Å². The van der Waals surface area contributed by atoms with Gasteiger partial charge in [0.15, 0.2) is 46.0 Å². The van der Waals surface area contributed by atoms with E-state index in [1.165, 1.54) is 0 Å². The van der Waals surface area contributed by atoms with Gasteiger partial charge in [-0.05, 0) is 262 Å². The van der Waals surface area contributed by atoms with Crippen LogP contribution in [0.4, 0.5) is 0 Å². The largest absolute Gasteiger partial charge is 0.487 e. The molecule has 0 aliphatic rings. The van der Waals surface area contributed by atoms with Crippen LogP contribution in [0.15, 0.2) is 72.8 Å². The van der Waals surface area contributed by atoms with Gasteiger partial charge in [0.05, 0.1) is 73.2 Å². The molecule has 0 saturated heterocycles. The first kappa shape index (κ1) is 65.4. The molecule has 5 aromatic carbocycles. The highest BCUT2D eigenvalue weighted by Gasteiger charge is 2.34. The maximum atomic E-state index is 6.78. The number of hydrogen-bond donors (Lipinski definition) is 0. The molecule has 5 aromatic rings. The van der Waals surface area contributed by atoms with Gasteiger partial charge in [0, 0.05) is 0 Å². The predicted octanol–water partition coefficient (Wildman–Crippen LogP) is 14.6. The van der Waals surface area contributed by atoms with E-state index in [0.29, 0.717) is 69.0 Å². The van der Waals surface area contributed by atoms with Crippen LogP contribution in [0.3, 0.4) is 0 Å². The second kappa shape index (κ2) is 29.5. The smallest absolute Gasteiger partial charge is 0.203 e. The van der Waals surface area contributed by atoms with Gasteiger partial charge in [0.25, 0.3) is 0 Å². The second-order valence-corrected chi connectivity index (χ2v) is 27.6. The Bertz CT molecular complexity index is 2290. The zero-order valence-corrected chi connectivity index (χ0v) is 54.4. The highest BCUT2D eigenvalue weighted by molar-refractivity contribution is 7.85. The van der Waals surface area contributed by atoms with Crippen molar-refractivity contribution in [2.24, 2.45) is 0 Å². The summed E-state index contributed by atoms with van der Waals surface area (Å²) in [6, 6.07) is 25.7. The van der Waals surface area contributed by atoms with Crippen LogP contribution in [-0.4, -0.2) is 73.2 Å². The minimum absolute atomic E-state index is 0.173. The molecule has 0 spiro atoms. The highest BCUT2D eigenvalue weighted by atomic mass is 31.1. The molecule has 0 fully saturated rings. The number of ether oxygens (including phenoxy) is 12. The Kier molecular flexibility index (Phi) is 24.1. The van der Waals surface area contributed by atoms with Gasteiger partial charge in [-0.3, -0.25) is 0 Å². The normalized spacial score (nSPS) is 12.1. The van der Waals surface area contributed by atoms with Gasteiger partial charge in [0.2, 0.25) is 23.0 Å². The van der Waals surface area contributed by atoms with E-state index in [1.54, 1.807) is 0 Å².